The SMILES string of the molecule is O=C(CNC(c1ccccc1)c1ccccc1)N1CCc2ccccc21. The summed E-state index contributed by atoms with van der Waals surface area (Å²) in [4.78, 5) is 14.7. The maximum atomic E-state index is 12.8. The van der Waals surface area contributed by atoms with Crippen LogP contribution in [0.25, 0.3) is 0 Å². The van der Waals surface area contributed by atoms with Crippen molar-refractivity contribution in [3.8, 4) is 0 Å². The van der Waals surface area contributed by atoms with E-state index in [9.17, 15) is 4.79 Å². The Morgan fingerprint density at radius 3 is 2.08 bits per heavy atom. The Hall–Kier alpha value is -2.91. The molecule has 0 unspecified atom stereocenters. The second kappa shape index (κ2) is 7.54. The summed E-state index contributed by atoms with van der Waals surface area (Å²) >= 11 is 0. The second-order valence-corrected chi connectivity index (χ2v) is 6.56. The van der Waals surface area contributed by atoms with Gasteiger partial charge in [-0.2, -0.15) is 0 Å². The Morgan fingerprint density at radius 2 is 1.42 bits per heavy atom. The fraction of sp³-hybridized carbons (Fsp3) is 0.174. The number of amides is 1. The molecule has 0 aliphatic carbocycles. The average molecular weight is 342 g/mol. The fourth-order valence-corrected chi connectivity index (χ4v) is 3.60. The lowest BCUT2D eigenvalue weighted by Crippen LogP contribution is -2.38. The molecular formula is C23H22N2O. The van der Waals surface area contributed by atoms with Gasteiger partial charge >= 0.3 is 0 Å². The number of carbonyl (C=O) groups is 1. The largest absolute Gasteiger partial charge is 0.311 e. The van der Waals surface area contributed by atoms with Crippen molar-refractivity contribution in [3.63, 3.8) is 0 Å². The number of anilines is 1. The first-order valence-electron chi connectivity index (χ1n) is 9.04. The van der Waals surface area contributed by atoms with Gasteiger partial charge in [-0.1, -0.05) is 78.9 Å². The van der Waals surface area contributed by atoms with Crippen molar-refractivity contribution in [2.45, 2.75) is 12.5 Å². The Kier molecular flexibility index (Phi) is 4.80. The molecule has 0 atom stereocenters. The van der Waals surface area contributed by atoms with Crippen LogP contribution in [0, 0.1) is 0 Å². The molecule has 0 fully saturated rings. The van der Waals surface area contributed by atoms with E-state index >= 15 is 0 Å². The van der Waals surface area contributed by atoms with E-state index in [1.165, 1.54) is 5.56 Å². The van der Waals surface area contributed by atoms with Gasteiger partial charge in [-0.3, -0.25) is 10.1 Å². The lowest BCUT2D eigenvalue weighted by molar-refractivity contribution is -0.117. The number of rotatable bonds is 5. The van der Waals surface area contributed by atoms with Crippen LogP contribution in [0.2, 0.25) is 0 Å². The van der Waals surface area contributed by atoms with Crippen molar-refractivity contribution in [2.75, 3.05) is 18.0 Å². The van der Waals surface area contributed by atoms with Crippen LogP contribution in [-0.4, -0.2) is 19.0 Å². The summed E-state index contributed by atoms with van der Waals surface area (Å²) in [7, 11) is 0. The highest BCUT2D eigenvalue weighted by molar-refractivity contribution is 5.96. The molecule has 3 heteroatoms. The first-order chi connectivity index (χ1) is 12.8. The van der Waals surface area contributed by atoms with Gasteiger partial charge in [0.1, 0.15) is 0 Å². The van der Waals surface area contributed by atoms with E-state index in [1.54, 1.807) is 0 Å². The smallest absolute Gasteiger partial charge is 0.240 e. The summed E-state index contributed by atoms with van der Waals surface area (Å²) in [6, 6.07) is 28.7. The second-order valence-electron chi connectivity index (χ2n) is 6.56. The van der Waals surface area contributed by atoms with Gasteiger partial charge in [0.05, 0.1) is 12.6 Å². The van der Waals surface area contributed by atoms with Crippen LogP contribution in [0.5, 0.6) is 0 Å². The van der Waals surface area contributed by atoms with E-state index in [2.05, 4.69) is 35.6 Å². The summed E-state index contributed by atoms with van der Waals surface area (Å²) < 4.78 is 0. The van der Waals surface area contributed by atoms with Gasteiger partial charge in [0, 0.05) is 12.2 Å². The van der Waals surface area contributed by atoms with Gasteiger partial charge in [0.2, 0.25) is 5.91 Å². The number of nitrogens with one attached hydrogen (secondary N) is 1. The molecule has 3 nitrogen and oxygen atoms in total. The molecule has 1 aliphatic rings. The quantitative estimate of drug-likeness (QED) is 0.761. The maximum absolute atomic E-state index is 12.8. The van der Waals surface area contributed by atoms with E-state index in [0.717, 1.165) is 29.8 Å². The number of fused-ring (bicyclic) bond motifs is 1. The molecule has 3 aromatic rings. The van der Waals surface area contributed by atoms with E-state index in [1.807, 2.05) is 59.5 Å². The topological polar surface area (TPSA) is 32.3 Å². The van der Waals surface area contributed by atoms with Gasteiger partial charge in [-0.25, -0.2) is 0 Å². The molecule has 130 valence electrons. The predicted octanol–water partition coefficient (Wildman–Crippen LogP) is 3.95. The highest BCUT2D eigenvalue weighted by Crippen LogP contribution is 2.27. The lowest BCUT2D eigenvalue weighted by Gasteiger charge is -2.22. The first kappa shape index (κ1) is 16.6. The Bertz CT molecular complexity index is 837. The van der Waals surface area contributed by atoms with Gasteiger partial charge in [0.25, 0.3) is 0 Å². The molecule has 4 rings (SSSR count). The van der Waals surface area contributed by atoms with Crippen LogP contribution in [0.15, 0.2) is 84.9 Å². The van der Waals surface area contributed by atoms with E-state index < -0.39 is 0 Å². The molecule has 3 aromatic carbocycles. The Morgan fingerprint density at radius 1 is 0.846 bits per heavy atom. The molecule has 0 bridgehead atoms. The first-order valence-corrected chi connectivity index (χ1v) is 9.04. The molecule has 0 aromatic heterocycles. The number of hydrogen-bond acceptors (Lipinski definition) is 2. The predicted molar refractivity (Wildman–Crippen MR) is 105 cm³/mol. The van der Waals surface area contributed by atoms with Crippen molar-refractivity contribution < 1.29 is 4.79 Å². The third-order valence-corrected chi connectivity index (χ3v) is 4.91. The molecule has 0 saturated heterocycles. The van der Waals surface area contributed by atoms with Crippen molar-refractivity contribution >= 4 is 11.6 Å². The molecule has 1 N–H and O–H groups in total. The molecule has 1 heterocycles. The van der Waals surface area contributed by atoms with Crippen LogP contribution in [0.4, 0.5) is 5.69 Å². The molecule has 0 spiro atoms. The van der Waals surface area contributed by atoms with Crippen molar-refractivity contribution in [3.05, 3.63) is 102 Å². The van der Waals surface area contributed by atoms with Crippen molar-refractivity contribution in [1.29, 1.82) is 0 Å². The average Bonchev–Trinajstić information content (AvgIpc) is 3.14. The summed E-state index contributed by atoms with van der Waals surface area (Å²) in [5.41, 5.74) is 4.63. The molecule has 1 aliphatic heterocycles. The third kappa shape index (κ3) is 3.39. The zero-order chi connectivity index (χ0) is 17.8. The van der Waals surface area contributed by atoms with Crippen LogP contribution in [0.1, 0.15) is 22.7 Å². The number of benzene rings is 3. The maximum Gasteiger partial charge on any atom is 0.240 e. The highest BCUT2D eigenvalue weighted by Gasteiger charge is 2.24. The van der Waals surface area contributed by atoms with Gasteiger partial charge in [-0.05, 0) is 29.2 Å². The van der Waals surface area contributed by atoms with Crippen LogP contribution in [0.3, 0.4) is 0 Å². The van der Waals surface area contributed by atoms with Crippen LogP contribution in [-0.2, 0) is 11.2 Å². The minimum Gasteiger partial charge on any atom is -0.311 e. The molecular weight excluding hydrogens is 320 g/mol. The van der Waals surface area contributed by atoms with Crippen molar-refractivity contribution in [1.82, 2.24) is 5.32 Å². The zero-order valence-corrected chi connectivity index (χ0v) is 14.6. The monoisotopic (exact) mass is 342 g/mol. The lowest BCUT2D eigenvalue weighted by atomic mass is 9.99. The molecule has 26 heavy (non-hydrogen) atoms. The normalized spacial score (nSPS) is 13.0. The van der Waals surface area contributed by atoms with E-state index in [0.29, 0.717) is 6.54 Å². The van der Waals surface area contributed by atoms with Crippen LogP contribution >= 0.6 is 0 Å². The number of carbonyl (C=O) groups excluding carboxylic acids is 1. The third-order valence-electron chi connectivity index (χ3n) is 4.91. The van der Waals surface area contributed by atoms with Gasteiger partial charge in [-0.15, -0.1) is 0 Å². The Balaban J connectivity index is 1.51. The summed E-state index contributed by atoms with van der Waals surface area (Å²) in [5, 5.41) is 3.47. The molecule has 0 saturated carbocycles. The minimum absolute atomic E-state index is 0.000744. The fourth-order valence-electron chi connectivity index (χ4n) is 3.60. The van der Waals surface area contributed by atoms with Crippen LogP contribution < -0.4 is 10.2 Å². The molecule has 1 amide bonds. The van der Waals surface area contributed by atoms with E-state index in [4.69, 9.17) is 0 Å². The summed E-state index contributed by atoms with van der Waals surface area (Å²) in [6.07, 6.45) is 0.933. The standard InChI is InChI=1S/C23H22N2O/c26-22(25-16-15-18-9-7-8-14-21(18)25)17-24-23(19-10-3-1-4-11-19)20-12-5-2-6-13-20/h1-14,23-24H,15-17H2. The van der Waals surface area contributed by atoms with E-state index in [-0.39, 0.29) is 11.9 Å². The highest BCUT2D eigenvalue weighted by atomic mass is 16.2. The number of para-hydroxylation sites is 1. The minimum atomic E-state index is -0.000744. The van der Waals surface area contributed by atoms with Crippen molar-refractivity contribution in [2.24, 2.45) is 0 Å². The van der Waals surface area contributed by atoms with Gasteiger partial charge in [0.15, 0.2) is 0 Å². The zero-order valence-electron chi connectivity index (χ0n) is 14.6. The Labute approximate surface area is 154 Å². The molecule has 0 radical (unpaired) electrons. The summed E-state index contributed by atoms with van der Waals surface area (Å²) in [5.74, 6) is 0.117. The number of nitrogens with zero attached hydrogens (tertiary/aromatic N) is 1. The summed E-state index contributed by atoms with van der Waals surface area (Å²) in [6.45, 7) is 1.07. The number of hydrogen-bond donors (Lipinski definition) is 1. The van der Waals surface area contributed by atoms with Gasteiger partial charge < -0.3 is 4.90 Å².